The maximum absolute atomic E-state index is 11.8. The van der Waals surface area contributed by atoms with Crippen molar-refractivity contribution in [3.63, 3.8) is 0 Å². The second-order valence-electron chi connectivity index (χ2n) is 4.04. The van der Waals surface area contributed by atoms with Gasteiger partial charge in [-0.25, -0.2) is 0 Å². The lowest BCUT2D eigenvalue weighted by atomic mass is 10.2. The monoisotopic (exact) mass is 220 g/mol. The predicted molar refractivity (Wildman–Crippen MR) is 59.4 cm³/mol. The van der Waals surface area contributed by atoms with Crippen molar-refractivity contribution in [1.29, 1.82) is 0 Å². The van der Waals surface area contributed by atoms with Crippen molar-refractivity contribution < 1.29 is 4.79 Å². The zero-order chi connectivity index (χ0) is 11.5. The summed E-state index contributed by atoms with van der Waals surface area (Å²) in [5.41, 5.74) is 6.24. The van der Waals surface area contributed by atoms with Gasteiger partial charge in [-0.15, -0.1) is 0 Å². The van der Waals surface area contributed by atoms with Crippen LogP contribution in [0.4, 0.5) is 0 Å². The Labute approximate surface area is 94.7 Å². The molecule has 0 aromatic carbocycles. The average Bonchev–Trinajstić information content (AvgIpc) is 3.14. The average molecular weight is 220 g/mol. The van der Waals surface area contributed by atoms with E-state index in [1.807, 2.05) is 11.8 Å². The van der Waals surface area contributed by atoms with E-state index < -0.39 is 0 Å². The largest absolute Gasteiger partial charge is 0.330 e. The second kappa shape index (κ2) is 4.57. The normalized spacial score (nSPS) is 16.9. The highest BCUT2D eigenvalue weighted by atomic mass is 16.2. The van der Waals surface area contributed by atoms with Crippen LogP contribution < -0.4 is 5.73 Å². The molecule has 5 heteroatoms. The van der Waals surface area contributed by atoms with Crippen molar-refractivity contribution in [2.75, 3.05) is 6.54 Å². The highest BCUT2D eigenvalue weighted by Crippen LogP contribution is 2.33. The SMILES string of the molecule is CC(c1cnccn1)N(C(=O)CN)C1CC1. The van der Waals surface area contributed by atoms with Gasteiger partial charge in [0, 0.05) is 18.4 Å². The molecule has 1 amide bonds. The molecule has 0 radical (unpaired) electrons. The lowest BCUT2D eigenvalue weighted by Gasteiger charge is -2.28. The Balaban J connectivity index is 2.17. The van der Waals surface area contributed by atoms with Gasteiger partial charge < -0.3 is 10.6 Å². The summed E-state index contributed by atoms with van der Waals surface area (Å²) in [5, 5.41) is 0. The number of carbonyl (C=O) groups is 1. The highest BCUT2D eigenvalue weighted by molar-refractivity contribution is 5.79. The van der Waals surface area contributed by atoms with Gasteiger partial charge in [0.25, 0.3) is 0 Å². The number of rotatable bonds is 4. The fourth-order valence-electron chi connectivity index (χ4n) is 1.86. The minimum absolute atomic E-state index is 0.0133. The van der Waals surface area contributed by atoms with E-state index in [1.54, 1.807) is 18.6 Å². The molecule has 1 aromatic heterocycles. The van der Waals surface area contributed by atoms with Crippen LogP contribution in [0.25, 0.3) is 0 Å². The summed E-state index contributed by atoms with van der Waals surface area (Å²) in [6, 6.07) is 0.297. The van der Waals surface area contributed by atoms with Crippen LogP contribution in [0, 0.1) is 0 Å². The van der Waals surface area contributed by atoms with E-state index in [4.69, 9.17) is 5.73 Å². The minimum atomic E-state index is -0.0442. The standard InChI is InChI=1S/C11H16N4O/c1-8(10-7-13-4-5-14-10)15(9-2-3-9)11(16)6-12/h4-5,7-9H,2-3,6,12H2,1H3. The number of hydrogen-bond donors (Lipinski definition) is 1. The smallest absolute Gasteiger partial charge is 0.237 e. The molecule has 0 spiro atoms. The fraction of sp³-hybridized carbons (Fsp3) is 0.545. The van der Waals surface area contributed by atoms with Crippen LogP contribution in [-0.2, 0) is 4.79 Å². The topological polar surface area (TPSA) is 72.1 Å². The molecule has 1 saturated carbocycles. The first-order valence-corrected chi connectivity index (χ1v) is 5.51. The van der Waals surface area contributed by atoms with E-state index in [9.17, 15) is 4.79 Å². The molecule has 1 aliphatic rings. The van der Waals surface area contributed by atoms with Crippen LogP contribution in [0.2, 0.25) is 0 Å². The molecule has 0 aliphatic heterocycles. The quantitative estimate of drug-likeness (QED) is 0.801. The van der Waals surface area contributed by atoms with Crippen molar-refractivity contribution in [3.8, 4) is 0 Å². The molecule has 5 nitrogen and oxygen atoms in total. The molecule has 2 rings (SSSR count). The van der Waals surface area contributed by atoms with E-state index in [-0.39, 0.29) is 18.5 Å². The summed E-state index contributed by atoms with van der Waals surface area (Å²) >= 11 is 0. The van der Waals surface area contributed by atoms with Crippen molar-refractivity contribution in [3.05, 3.63) is 24.3 Å². The molecule has 86 valence electrons. The highest BCUT2D eigenvalue weighted by Gasteiger charge is 2.35. The molecule has 0 saturated heterocycles. The minimum Gasteiger partial charge on any atom is -0.330 e. The molecule has 1 heterocycles. The Hall–Kier alpha value is -1.49. The third-order valence-corrected chi connectivity index (χ3v) is 2.83. The van der Waals surface area contributed by atoms with Crippen LogP contribution in [-0.4, -0.2) is 33.4 Å². The van der Waals surface area contributed by atoms with Gasteiger partial charge in [-0.1, -0.05) is 0 Å². The predicted octanol–water partition coefficient (Wildman–Crippen LogP) is 0.487. The number of nitrogens with zero attached hydrogens (tertiary/aromatic N) is 3. The third kappa shape index (κ3) is 2.19. The number of nitrogens with two attached hydrogens (primary N) is 1. The molecule has 2 N–H and O–H groups in total. The summed E-state index contributed by atoms with van der Waals surface area (Å²) in [7, 11) is 0. The molecule has 0 bridgehead atoms. The first kappa shape index (κ1) is 11.0. The van der Waals surface area contributed by atoms with E-state index in [0.29, 0.717) is 6.04 Å². The molecule has 16 heavy (non-hydrogen) atoms. The maximum atomic E-state index is 11.8. The number of carbonyl (C=O) groups excluding carboxylic acids is 1. The Kier molecular flexibility index (Phi) is 3.14. The molecule has 1 aromatic rings. The molecule has 1 fully saturated rings. The van der Waals surface area contributed by atoms with E-state index in [1.165, 1.54) is 0 Å². The van der Waals surface area contributed by atoms with Crippen molar-refractivity contribution in [2.45, 2.75) is 31.8 Å². The summed E-state index contributed by atoms with van der Waals surface area (Å²) < 4.78 is 0. The molecule has 1 atom stereocenters. The second-order valence-corrected chi connectivity index (χ2v) is 4.04. The number of aromatic nitrogens is 2. The lowest BCUT2D eigenvalue weighted by Crippen LogP contribution is -2.39. The summed E-state index contributed by atoms with van der Waals surface area (Å²) in [4.78, 5) is 21.8. The molecular formula is C11H16N4O. The van der Waals surface area contributed by atoms with E-state index >= 15 is 0 Å². The van der Waals surface area contributed by atoms with Gasteiger partial charge in [0.1, 0.15) is 0 Å². The summed E-state index contributed by atoms with van der Waals surface area (Å²) in [6.45, 7) is 2.02. The van der Waals surface area contributed by atoms with Gasteiger partial charge in [0.15, 0.2) is 0 Å². The zero-order valence-electron chi connectivity index (χ0n) is 9.34. The first-order chi connectivity index (χ1) is 7.74. The van der Waals surface area contributed by atoms with Crippen LogP contribution in [0.15, 0.2) is 18.6 Å². The van der Waals surface area contributed by atoms with Crippen molar-refractivity contribution in [1.82, 2.24) is 14.9 Å². The van der Waals surface area contributed by atoms with Crippen molar-refractivity contribution in [2.24, 2.45) is 5.73 Å². The zero-order valence-corrected chi connectivity index (χ0v) is 9.34. The molecule has 1 aliphatic carbocycles. The Morgan fingerprint density at radius 3 is 2.88 bits per heavy atom. The fourth-order valence-corrected chi connectivity index (χ4v) is 1.86. The third-order valence-electron chi connectivity index (χ3n) is 2.83. The van der Waals surface area contributed by atoms with Gasteiger partial charge in [-0.3, -0.25) is 14.8 Å². The van der Waals surface area contributed by atoms with Gasteiger partial charge >= 0.3 is 0 Å². The summed E-state index contributed by atoms with van der Waals surface area (Å²) in [5.74, 6) is -0.0133. The van der Waals surface area contributed by atoms with Crippen LogP contribution in [0.3, 0.4) is 0 Å². The van der Waals surface area contributed by atoms with Crippen LogP contribution in [0.1, 0.15) is 31.5 Å². The Morgan fingerprint density at radius 2 is 2.38 bits per heavy atom. The van der Waals surface area contributed by atoms with E-state index in [2.05, 4.69) is 9.97 Å². The maximum Gasteiger partial charge on any atom is 0.237 e. The molecule has 1 unspecified atom stereocenters. The van der Waals surface area contributed by atoms with Crippen molar-refractivity contribution >= 4 is 5.91 Å². The van der Waals surface area contributed by atoms with Gasteiger partial charge in [-0.05, 0) is 19.8 Å². The van der Waals surface area contributed by atoms with Gasteiger partial charge in [-0.2, -0.15) is 0 Å². The van der Waals surface area contributed by atoms with Crippen LogP contribution >= 0.6 is 0 Å². The van der Waals surface area contributed by atoms with Gasteiger partial charge in [0.2, 0.25) is 5.91 Å². The van der Waals surface area contributed by atoms with E-state index in [0.717, 1.165) is 18.5 Å². The Bertz CT molecular complexity index is 364. The van der Waals surface area contributed by atoms with Crippen LogP contribution in [0.5, 0.6) is 0 Å². The number of amides is 1. The lowest BCUT2D eigenvalue weighted by molar-refractivity contribution is -0.132. The summed E-state index contributed by atoms with van der Waals surface area (Å²) in [6.07, 6.45) is 7.10. The Morgan fingerprint density at radius 1 is 1.62 bits per heavy atom. The molecular weight excluding hydrogens is 204 g/mol. The first-order valence-electron chi connectivity index (χ1n) is 5.51. The van der Waals surface area contributed by atoms with Gasteiger partial charge in [0.05, 0.1) is 24.5 Å². The number of hydrogen-bond acceptors (Lipinski definition) is 4.